The highest BCUT2D eigenvalue weighted by Gasteiger charge is 2.17. The molecule has 1 aliphatic heterocycles. The molecule has 0 bridgehead atoms. The summed E-state index contributed by atoms with van der Waals surface area (Å²) in [6.07, 6.45) is 1.10. The quantitative estimate of drug-likeness (QED) is 0.801. The molecule has 0 aliphatic carbocycles. The number of hydrogen-bond donors (Lipinski definition) is 1. The van der Waals surface area contributed by atoms with Gasteiger partial charge in [-0.2, -0.15) is 0 Å². The minimum atomic E-state index is -0.0297. The molecule has 150 valence electrons. The average Bonchev–Trinajstić information content (AvgIpc) is 2.73. The van der Waals surface area contributed by atoms with E-state index >= 15 is 0 Å². The van der Waals surface area contributed by atoms with Gasteiger partial charge in [0, 0.05) is 63.3 Å². The largest absolute Gasteiger partial charge is 0.375 e. The average molecular weight is 381 g/mol. The monoisotopic (exact) mass is 380 g/mol. The van der Waals surface area contributed by atoms with E-state index in [1.807, 2.05) is 30.3 Å². The number of nitrogens with one attached hydrogen (secondary N) is 1. The number of carbonyl (C=O) groups excluding carboxylic acids is 1. The molecular weight excluding hydrogens is 348 g/mol. The lowest BCUT2D eigenvalue weighted by atomic mass is 10.1. The van der Waals surface area contributed by atoms with Gasteiger partial charge in [-0.15, -0.1) is 0 Å². The number of hydrogen-bond acceptors (Lipinski definition) is 4. The van der Waals surface area contributed by atoms with E-state index in [9.17, 15) is 4.79 Å². The van der Waals surface area contributed by atoms with Gasteiger partial charge in [-0.25, -0.2) is 0 Å². The van der Waals surface area contributed by atoms with Gasteiger partial charge in [0.1, 0.15) is 0 Å². The second-order valence-electron chi connectivity index (χ2n) is 7.57. The molecule has 0 aromatic heterocycles. The van der Waals surface area contributed by atoms with Crippen molar-refractivity contribution in [1.29, 1.82) is 0 Å². The lowest BCUT2D eigenvalue weighted by molar-refractivity contribution is 0.0951. The molecule has 5 heteroatoms. The summed E-state index contributed by atoms with van der Waals surface area (Å²) in [4.78, 5) is 19.6. The van der Waals surface area contributed by atoms with Crippen molar-refractivity contribution in [3.63, 3.8) is 0 Å². The third-order valence-corrected chi connectivity index (χ3v) is 5.40. The number of anilines is 2. The van der Waals surface area contributed by atoms with Gasteiger partial charge in [-0.3, -0.25) is 4.79 Å². The molecule has 1 heterocycles. The number of para-hydroxylation sites is 1. The molecule has 2 aromatic carbocycles. The molecule has 0 saturated carbocycles. The maximum atomic E-state index is 12.6. The smallest absolute Gasteiger partial charge is 0.251 e. The van der Waals surface area contributed by atoms with Crippen molar-refractivity contribution in [2.75, 3.05) is 56.6 Å². The Kier molecular flexibility index (Phi) is 6.93. The highest BCUT2D eigenvalue weighted by molar-refractivity contribution is 5.94. The van der Waals surface area contributed by atoms with Gasteiger partial charge in [0.15, 0.2) is 0 Å². The predicted molar refractivity (Wildman–Crippen MR) is 117 cm³/mol. The Morgan fingerprint density at radius 3 is 2.39 bits per heavy atom. The van der Waals surface area contributed by atoms with Crippen LogP contribution >= 0.6 is 0 Å². The van der Waals surface area contributed by atoms with Gasteiger partial charge in [0.05, 0.1) is 0 Å². The van der Waals surface area contributed by atoms with Gasteiger partial charge in [0.2, 0.25) is 0 Å². The summed E-state index contributed by atoms with van der Waals surface area (Å²) in [6, 6.07) is 16.2. The summed E-state index contributed by atoms with van der Waals surface area (Å²) < 4.78 is 0. The van der Waals surface area contributed by atoms with Crippen LogP contribution in [0.1, 0.15) is 29.3 Å². The number of piperazine rings is 1. The van der Waals surface area contributed by atoms with Crippen molar-refractivity contribution in [3.05, 3.63) is 59.7 Å². The first-order chi connectivity index (χ1) is 13.6. The Bertz CT molecular complexity index is 766. The van der Waals surface area contributed by atoms with Crippen molar-refractivity contribution in [1.82, 2.24) is 10.2 Å². The molecule has 28 heavy (non-hydrogen) atoms. The Hall–Kier alpha value is -2.53. The first kappa shape index (κ1) is 20.2. The zero-order valence-electron chi connectivity index (χ0n) is 17.3. The maximum absolute atomic E-state index is 12.6. The maximum Gasteiger partial charge on any atom is 0.251 e. The minimum Gasteiger partial charge on any atom is -0.375 e. The summed E-state index contributed by atoms with van der Waals surface area (Å²) in [5.74, 6) is -0.0297. The van der Waals surface area contributed by atoms with E-state index in [2.05, 4.69) is 59.2 Å². The van der Waals surface area contributed by atoms with Crippen LogP contribution in [0.4, 0.5) is 11.4 Å². The molecule has 0 spiro atoms. The minimum absolute atomic E-state index is 0.0297. The molecule has 0 unspecified atom stereocenters. The second kappa shape index (κ2) is 9.60. The Morgan fingerprint density at radius 2 is 1.71 bits per heavy atom. The molecule has 1 amide bonds. The van der Waals surface area contributed by atoms with Crippen LogP contribution in [0.25, 0.3) is 0 Å². The molecule has 1 N–H and O–H groups in total. The molecule has 1 fully saturated rings. The number of likely N-dealkylation sites (N-methyl/N-ethyl adjacent to an activating group) is 1. The fourth-order valence-corrected chi connectivity index (χ4v) is 3.63. The number of benzene rings is 2. The molecule has 2 aromatic rings. The van der Waals surface area contributed by atoms with Crippen LogP contribution in [0.5, 0.6) is 0 Å². The summed E-state index contributed by atoms with van der Waals surface area (Å²) in [6.45, 7) is 7.90. The highest BCUT2D eigenvalue weighted by Crippen LogP contribution is 2.22. The van der Waals surface area contributed by atoms with Gasteiger partial charge in [-0.1, -0.05) is 25.1 Å². The fourth-order valence-electron chi connectivity index (χ4n) is 3.63. The molecule has 3 rings (SSSR count). The molecule has 5 nitrogen and oxygen atoms in total. The third kappa shape index (κ3) is 5.04. The molecule has 1 aliphatic rings. The van der Waals surface area contributed by atoms with Gasteiger partial charge >= 0.3 is 0 Å². The van der Waals surface area contributed by atoms with E-state index in [0.717, 1.165) is 44.8 Å². The van der Waals surface area contributed by atoms with Gasteiger partial charge in [-0.05, 0) is 49.4 Å². The zero-order chi connectivity index (χ0) is 19.9. The summed E-state index contributed by atoms with van der Waals surface area (Å²) in [5, 5.41) is 3.09. The first-order valence-electron chi connectivity index (χ1n) is 10.2. The predicted octanol–water partition coefficient (Wildman–Crippen LogP) is 3.21. The zero-order valence-corrected chi connectivity index (χ0v) is 17.3. The third-order valence-electron chi connectivity index (χ3n) is 5.40. The second-order valence-corrected chi connectivity index (χ2v) is 7.57. The van der Waals surface area contributed by atoms with Crippen LogP contribution in [0.2, 0.25) is 0 Å². The van der Waals surface area contributed by atoms with Crippen LogP contribution < -0.4 is 15.1 Å². The van der Waals surface area contributed by atoms with Crippen LogP contribution in [0.15, 0.2) is 48.5 Å². The fraction of sp³-hybridized carbons (Fsp3) is 0.435. The summed E-state index contributed by atoms with van der Waals surface area (Å²) >= 11 is 0. The normalized spacial score (nSPS) is 14.8. The molecule has 0 radical (unpaired) electrons. The molecule has 1 saturated heterocycles. The first-order valence-corrected chi connectivity index (χ1v) is 10.2. The van der Waals surface area contributed by atoms with Gasteiger partial charge in [0.25, 0.3) is 5.91 Å². The van der Waals surface area contributed by atoms with E-state index < -0.39 is 0 Å². The van der Waals surface area contributed by atoms with E-state index in [4.69, 9.17) is 0 Å². The number of rotatable bonds is 7. The summed E-state index contributed by atoms with van der Waals surface area (Å²) in [5.41, 5.74) is 4.23. The Labute approximate surface area is 168 Å². The topological polar surface area (TPSA) is 38.8 Å². The van der Waals surface area contributed by atoms with Crippen molar-refractivity contribution in [2.24, 2.45) is 0 Å². The Morgan fingerprint density at radius 1 is 1.04 bits per heavy atom. The number of nitrogens with zero attached hydrogens (tertiary/aromatic N) is 3. The SMILES string of the molecule is CCCN(C)c1ccc(C(=O)NCc2ccccc2N2CCN(C)CC2)cc1. The van der Waals surface area contributed by atoms with Crippen molar-refractivity contribution in [2.45, 2.75) is 19.9 Å². The van der Waals surface area contributed by atoms with Gasteiger partial charge < -0.3 is 20.0 Å². The van der Waals surface area contributed by atoms with E-state index in [1.165, 1.54) is 11.3 Å². The Balaban J connectivity index is 1.62. The van der Waals surface area contributed by atoms with E-state index in [0.29, 0.717) is 12.1 Å². The lowest BCUT2D eigenvalue weighted by Crippen LogP contribution is -2.45. The van der Waals surface area contributed by atoms with Crippen LogP contribution in [-0.2, 0) is 6.54 Å². The number of carbonyl (C=O) groups is 1. The number of amides is 1. The lowest BCUT2D eigenvalue weighted by Gasteiger charge is -2.35. The van der Waals surface area contributed by atoms with Crippen molar-refractivity contribution >= 4 is 17.3 Å². The van der Waals surface area contributed by atoms with Crippen molar-refractivity contribution in [3.8, 4) is 0 Å². The summed E-state index contributed by atoms with van der Waals surface area (Å²) in [7, 11) is 4.24. The highest BCUT2D eigenvalue weighted by atomic mass is 16.1. The van der Waals surface area contributed by atoms with Crippen molar-refractivity contribution < 1.29 is 4.79 Å². The molecular formula is C23H32N4O. The van der Waals surface area contributed by atoms with Crippen LogP contribution in [0.3, 0.4) is 0 Å². The van der Waals surface area contributed by atoms with Crippen LogP contribution in [-0.4, -0.2) is 57.6 Å². The van der Waals surface area contributed by atoms with Crippen LogP contribution in [0, 0.1) is 0 Å². The van der Waals surface area contributed by atoms with E-state index in [1.54, 1.807) is 0 Å². The van der Waals surface area contributed by atoms with E-state index in [-0.39, 0.29) is 5.91 Å². The molecule has 0 atom stereocenters. The standard InChI is InChI=1S/C23H32N4O/c1-4-13-26(3)21-11-9-19(10-12-21)23(28)24-18-20-7-5-6-8-22(20)27-16-14-25(2)15-17-27/h5-12H,4,13-18H2,1-3H3,(H,24,28).